The monoisotopic (exact) mass is 536 g/mol. The quantitative estimate of drug-likeness (QED) is 0.346. The summed E-state index contributed by atoms with van der Waals surface area (Å²) in [5.41, 5.74) is 9.38. The summed E-state index contributed by atoms with van der Waals surface area (Å²) in [4.78, 5) is 0. The Kier molecular flexibility index (Phi) is 7.63. The maximum Gasteiger partial charge on any atom is -0.147 e. The Balaban J connectivity index is 0.00000160. The van der Waals surface area contributed by atoms with Crippen molar-refractivity contribution in [2.24, 2.45) is 0 Å². The Morgan fingerprint density at radius 3 is 1.33 bits per heavy atom. The predicted molar refractivity (Wildman–Crippen MR) is 139 cm³/mol. The van der Waals surface area contributed by atoms with Gasteiger partial charge in [0.1, 0.15) is 0 Å². The van der Waals surface area contributed by atoms with Crippen molar-refractivity contribution in [3.8, 4) is 0 Å². The van der Waals surface area contributed by atoms with Crippen molar-refractivity contribution < 1.29 is 17.4 Å². The van der Waals surface area contributed by atoms with Crippen LogP contribution in [0.5, 0.6) is 0 Å². The molecule has 2 aliphatic rings. The van der Waals surface area contributed by atoms with Gasteiger partial charge in [-0.2, -0.15) is 0 Å². The molecule has 2 aromatic carbocycles. The summed E-state index contributed by atoms with van der Waals surface area (Å²) in [5, 5.41) is 0. The number of halogens is 2. The van der Waals surface area contributed by atoms with Gasteiger partial charge in [0.15, 0.2) is 0 Å². The molecule has 0 nitrogen and oxygen atoms in total. The molecule has 0 saturated heterocycles. The molecule has 2 aromatic rings. The smallest absolute Gasteiger partial charge is 0.147 e. The van der Waals surface area contributed by atoms with Gasteiger partial charge in [-0.25, -0.2) is 0 Å². The van der Waals surface area contributed by atoms with Crippen LogP contribution in [-0.4, -0.2) is 6.88 Å². The normalized spacial score (nSPS) is 20.2. The van der Waals surface area contributed by atoms with Crippen molar-refractivity contribution in [3.05, 3.63) is 81.9 Å². The van der Waals surface area contributed by atoms with Gasteiger partial charge in [-0.3, -0.25) is 0 Å². The van der Waals surface area contributed by atoms with Crippen LogP contribution in [0.3, 0.4) is 0 Å². The Morgan fingerprint density at radius 2 is 1.00 bits per heavy atom. The molecule has 2 atom stereocenters. The average Bonchev–Trinajstić information content (AvgIpc) is 3.16. The van der Waals surface area contributed by atoms with Crippen molar-refractivity contribution in [2.75, 3.05) is 0 Å². The summed E-state index contributed by atoms with van der Waals surface area (Å²) >= 11 is -3.56. The molecule has 0 saturated carbocycles. The zero-order valence-electron chi connectivity index (χ0n) is 19.1. The zero-order valence-corrected chi connectivity index (χ0v) is 24.6. The van der Waals surface area contributed by atoms with E-state index >= 15 is 0 Å². The maximum absolute atomic E-state index is 3.56. The maximum atomic E-state index is 2.56. The third-order valence-corrected chi connectivity index (χ3v) is 47.5. The minimum atomic E-state index is -3.56. The van der Waals surface area contributed by atoms with E-state index in [1.54, 1.807) is 22.3 Å². The Hall–Kier alpha value is -0.400. The van der Waals surface area contributed by atoms with Crippen LogP contribution in [-0.2, 0) is 17.4 Å². The molecule has 0 fully saturated rings. The minimum Gasteiger partial charge on any atom is -0.147 e. The number of hydrogen-bond acceptors (Lipinski definition) is 0. The summed E-state index contributed by atoms with van der Waals surface area (Å²) in [6.45, 7) is 17.6. The van der Waals surface area contributed by atoms with Gasteiger partial charge in [-0.15, -0.1) is 24.8 Å². The first-order chi connectivity index (χ1) is 13.2. The van der Waals surface area contributed by atoms with Crippen LogP contribution in [0.25, 0.3) is 12.2 Å². The third kappa shape index (κ3) is 3.24. The van der Waals surface area contributed by atoms with Crippen LogP contribution in [0, 0.1) is 0 Å². The molecule has 0 N–H and O–H groups in total. The van der Waals surface area contributed by atoms with Crippen molar-refractivity contribution >= 4 is 43.8 Å². The Morgan fingerprint density at radius 1 is 0.667 bits per heavy atom. The van der Waals surface area contributed by atoms with Gasteiger partial charge in [-0.05, 0) is 0 Å². The molecule has 0 spiro atoms. The number of fused-ring (bicyclic) bond motifs is 2. The molecule has 2 unspecified atom stereocenters. The molecular formula is C26H36Cl2SiZr. The molecule has 0 amide bonds. The molecule has 0 aliphatic heterocycles. The molecule has 0 aromatic heterocycles. The first kappa shape index (κ1) is 25.9. The number of rotatable bonds is 4. The van der Waals surface area contributed by atoms with E-state index in [1.165, 1.54) is 11.1 Å². The van der Waals surface area contributed by atoms with Gasteiger partial charge < -0.3 is 0 Å². The van der Waals surface area contributed by atoms with Gasteiger partial charge in [0.25, 0.3) is 0 Å². The van der Waals surface area contributed by atoms with Gasteiger partial charge in [-0.1, -0.05) is 0 Å². The molecule has 30 heavy (non-hydrogen) atoms. The summed E-state index contributed by atoms with van der Waals surface area (Å²) in [6, 6.07) is 18.4. The largest absolute Gasteiger partial charge is 0.147 e. The number of allylic oxidation sites excluding steroid dienone is 2. The van der Waals surface area contributed by atoms with E-state index in [0.717, 1.165) is 7.25 Å². The van der Waals surface area contributed by atoms with E-state index in [2.05, 4.69) is 109 Å². The second kappa shape index (κ2) is 8.86. The van der Waals surface area contributed by atoms with Crippen LogP contribution in [0.4, 0.5) is 0 Å². The molecule has 0 bridgehead atoms. The molecule has 0 radical (unpaired) electrons. The van der Waals surface area contributed by atoms with Crippen LogP contribution >= 0.6 is 24.8 Å². The van der Waals surface area contributed by atoms with E-state index in [9.17, 15) is 0 Å². The summed E-state index contributed by atoms with van der Waals surface area (Å²) in [5.74, 6) is 0. The first-order valence-corrected chi connectivity index (χ1v) is 22.4. The standard InChI is InChI=1S/2C10H9.2C3H7.2ClH.H2Si.Zr/c2*1-8-6-9-4-2-3-5-10(9)7-8;2*1-3-2;;;;/h2*2-7H,1H3;2*3H,1-2H3;2*1H;1H2;. The Labute approximate surface area is 197 Å². The molecule has 4 rings (SSSR count). The van der Waals surface area contributed by atoms with Crippen molar-refractivity contribution in [2.45, 2.75) is 56.0 Å². The summed E-state index contributed by atoms with van der Waals surface area (Å²) < 4.78 is 2.74. The van der Waals surface area contributed by atoms with Gasteiger partial charge >= 0.3 is 174 Å². The SMILES string of the molecule is CC1=Cc2ccccc2[CH]1[Zr](=[SiH2])([CH](C)C)([CH](C)C)[CH]1C(C)=Cc2ccccc21.Cl.Cl. The van der Waals surface area contributed by atoms with Crippen molar-refractivity contribution in [3.63, 3.8) is 0 Å². The average molecular weight is 539 g/mol. The van der Waals surface area contributed by atoms with Crippen molar-refractivity contribution in [1.82, 2.24) is 0 Å². The second-order valence-corrected chi connectivity index (χ2v) is 37.1. The number of hydrogen-bond donors (Lipinski definition) is 0. The fraction of sp³-hybridized carbons (Fsp3) is 0.385. The van der Waals surface area contributed by atoms with Gasteiger partial charge in [0.05, 0.1) is 0 Å². The Bertz CT molecular complexity index is 992. The van der Waals surface area contributed by atoms with Gasteiger partial charge in [0, 0.05) is 0 Å². The summed E-state index contributed by atoms with van der Waals surface area (Å²) in [7, 11) is 0. The van der Waals surface area contributed by atoms with Crippen LogP contribution in [0.2, 0.25) is 7.25 Å². The molecular weight excluding hydrogens is 503 g/mol. The fourth-order valence-electron chi connectivity index (χ4n) is 6.99. The molecule has 2 aliphatic carbocycles. The molecule has 4 heteroatoms. The fourth-order valence-corrected chi connectivity index (χ4v) is 34.9. The first-order valence-electron chi connectivity index (χ1n) is 10.8. The van der Waals surface area contributed by atoms with E-state index in [4.69, 9.17) is 0 Å². The predicted octanol–water partition coefficient (Wildman–Crippen LogP) is 8.04. The topological polar surface area (TPSA) is 0 Å². The summed E-state index contributed by atoms with van der Waals surface area (Å²) in [6.07, 6.45) is 4.98. The van der Waals surface area contributed by atoms with E-state index in [0.29, 0.717) is 7.25 Å². The van der Waals surface area contributed by atoms with E-state index in [1.807, 2.05) is 0 Å². The zero-order chi connectivity index (χ0) is 20.3. The van der Waals surface area contributed by atoms with Crippen LogP contribution < -0.4 is 0 Å². The van der Waals surface area contributed by atoms with Crippen LogP contribution in [0.15, 0.2) is 59.7 Å². The van der Waals surface area contributed by atoms with Crippen molar-refractivity contribution in [1.29, 1.82) is 0 Å². The van der Waals surface area contributed by atoms with E-state index < -0.39 is 17.4 Å². The molecule has 0 heterocycles. The molecule has 162 valence electrons. The van der Waals surface area contributed by atoms with Crippen LogP contribution in [0.1, 0.15) is 71.0 Å². The number of benzene rings is 2. The van der Waals surface area contributed by atoms with E-state index in [-0.39, 0.29) is 24.8 Å². The van der Waals surface area contributed by atoms with Gasteiger partial charge in [0.2, 0.25) is 0 Å². The minimum absolute atomic E-state index is 0. The second-order valence-electron chi connectivity index (χ2n) is 10.0. The third-order valence-electron chi connectivity index (χ3n) is 8.52.